The van der Waals surface area contributed by atoms with E-state index in [2.05, 4.69) is 17.1 Å². The molecule has 1 heterocycles. The van der Waals surface area contributed by atoms with Crippen LogP contribution in [0.15, 0.2) is 18.2 Å². The number of halogens is 1. The number of amides is 1. The van der Waals surface area contributed by atoms with E-state index in [0.29, 0.717) is 16.3 Å². The normalized spacial score (nSPS) is 20.2. The Hall–Kier alpha value is -1.26. The average molecular weight is 282 g/mol. The zero-order chi connectivity index (χ0) is 13.8. The number of hydrogen-bond acceptors (Lipinski definition) is 3. The first kappa shape index (κ1) is 14.2. The van der Waals surface area contributed by atoms with E-state index in [1.165, 1.54) is 0 Å². The average Bonchev–Trinajstić information content (AvgIpc) is 2.38. The first-order valence-corrected chi connectivity index (χ1v) is 7.06. The largest absolute Gasteiger partial charge is 0.399 e. The van der Waals surface area contributed by atoms with Crippen LogP contribution in [-0.4, -0.2) is 36.5 Å². The first-order valence-electron chi connectivity index (χ1n) is 6.68. The zero-order valence-corrected chi connectivity index (χ0v) is 11.9. The standard InChI is InChI=1S/C14H20ClN3O/c1-2-18-7-3-4-11(9-18)17-14(19)12-6-5-10(16)8-13(12)15/h5-6,8,11H,2-4,7,9,16H2,1H3,(H,17,19). The second kappa shape index (κ2) is 6.26. The number of benzene rings is 1. The molecule has 1 fully saturated rings. The van der Waals surface area contributed by atoms with E-state index in [1.807, 2.05) is 0 Å². The van der Waals surface area contributed by atoms with Crippen LogP contribution in [0, 0.1) is 0 Å². The molecule has 0 aliphatic carbocycles. The summed E-state index contributed by atoms with van der Waals surface area (Å²) in [6.07, 6.45) is 2.14. The Bertz CT molecular complexity index is 464. The van der Waals surface area contributed by atoms with Gasteiger partial charge in [-0.2, -0.15) is 0 Å². The van der Waals surface area contributed by atoms with Crippen molar-refractivity contribution in [2.45, 2.75) is 25.8 Å². The molecule has 19 heavy (non-hydrogen) atoms. The van der Waals surface area contributed by atoms with Crippen LogP contribution in [0.2, 0.25) is 5.02 Å². The molecule has 0 spiro atoms. The van der Waals surface area contributed by atoms with Crippen LogP contribution in [0.4, 0.5) is 5.69 Å². The molecular formula is C14H20ClN3O. The number of rotatable bonds is 3. The molecule has 3 N–H and O–H groups in total. The van der Waals surface area contributed by atoms with E-state index >= 15 is 0 Å². The third-order valence-corrected chi connectivity index (χ3v) is 3.84. The second-order valence-corrected chi connectivity index (χ2v) is 5.35. The lowest BCUT2D eigenvalue weighted by Gasteiger charge is -2.32. The summed E-state index contributed by atoms with van der Waals surface area (Å²) in [5, 5.41) is 3.46. The van der Waals surface area contributed by atoms with Crippen LogP contribution in [0.1, 0.15) is 30.1 Å². The summed E-state index contributed by atoms with van der Waals surface area (Å²) < 4.78 is 0. The van der Waals surface area contributed by atoms with Gasteiger partial charge in [0.25, 0.3) is 5.91 Å². The fourth-order valence-corrected chi connectivity index (χ4v) is 2.71. The van der Waals surface area contributed by atoms with Gasteiger partial charge >= 0.3 is 0 Å². The van der Waals surface area contributed by atoms with Crippen molar-refractivity contribution in [2.75, 3.05) is 25.4 Å². The van der Waals surface area contributed by atoms with Crippen molar-refractivity contribution in [3.63, 3.8) is 0 Å². The van der Waals surface area contributed by atoms with Gasteiger partial charge in [-0.05, 0) is 44.1 Å². The summed E-state index contributed by atoms with van der Waals surface area (Å²) in [7, 11) is 0. The lowest BCUT2D eigenvalue weighted by molar-refractivity contribution is 0.0906. The van der Waals surface area contributed by atoms with Gasteiger partial charge in [-0.3, -0.25) is 4.79 Å². The molecule has 1 aliphatic rings. The van der Waals surface area contributed by atoms with E-state index < -0.39 is 0 Å². The van der Waals surface area contributed by atoms with Crippen molar-refractivity contribution >= 4 is 23.2 Å². The highest BCUT2D eigenvalue weighted by atomic mass is 35.5. The Kier molecular flexibility index (Phi) is 4.66. The molecule has 104 valence electrons. The van der Waals surface area contributed by atoms with Gasteiger partial charge < -0.3 is 16.0 Å². The maximum Gasteiger partial charge on any atom is 0.253 e. The minimum atomic E-state index is -0.118. The van der Waals surface area contributed by atoms with Crippen LogP contribution in [-0.2, 0) is 0 Å². The van der Waals surface area contributed by atoms with Gasteiger partial charge in [-0.25, -0.2) is 0 Å². The van der Waals surface area contributed by atoms with E-state index in [1.54, 1.807) is 18.2 Å². The minimum absolute atomic E-state index is 0.118. The number of likely N-dealkylation sites (tertiary alicyclic amines) is 1. The SMILES string of the molecule is CCN1CCCC(NC(=O)c2ccc(N)cc2Cl)C1. The van der Waals surface area contributed by atoms with E-state index in [4.69, 9.17) is 17.3 Å². The lowest BCUT2D eigenvalue weighted by Crippen LogP contribution is -2.47. The van der Waals surface area contributed by atoms with Crippen molar-refractivity contribution in [3.8, 4) is 0 Å². The van der Waals surface area contributed by atoms with Crippen molar-refractivity contribution in [3.05, 3.63) is 28.8 Å². The number of hydrogen-bond donors (Lipinski definition) is 2. The Labute approximate surface area is 118 Å². The lowest BCUT2D eigenvalue weighted by atomic mass is 10.0. The molecule has 1 aliphatic heterocycles. The second-order valence-electron chi connectivity index (χ2n) is 4.95. The van der Waals surface area contributed by atoms with Crippen molar-refractivity contribution in [1.29, 1.82) is 0 Å². The smallest absolute Gasteiger partial charge is 0.253 e. The molecule has 0 radical (unpaired) electrons. The van der Waals surface area contributed by atoms with Gasteiger partial charge in [-0.15, -0.1) is 0 Å². The molecule has 0 aromatic heterocycles. The van der Waals surface area contributed by atoms with Crippen LogP contribution >= 0.6 is 11.6 Å². The maximum atomic E-state index is 12.2. The van der Waals surface area contributed by atoms with E-state index in [-0.39, 0.29) is 11.9 Å². The predicted octanol–water partition coefficient (Wildman–Crippen LogP) is 2.14. The molecule has 0 bridgehead atoms. The number of nitrogens with two attached hydrogens (primary N) is 1. The highest BCUT2D eigenvalue weighted by molar-refractivity contribution is 6.34. The number of piperidine rings is 1. The number of nitrogens with one attached hydrogen (secondary N) is 1. The Morgan fingerprint density at radius 3 is 3.05 bits per heavy atom. The van der Waals surface area contributed by atoms with Crippen molar-refractivity contribution in [2.24, 2.45) is 0 Å². The van der Waals surface area contributed by atoms with Gasteiger partial charge in [0.1, 0.15) is 0 Å². The van der Waals surface area contributed by atoms with Crippen LogP contribution < -0.4 is 11.1 Å². The van der Waals surface area contributed by atoms with Gasteiger partial charge in [0, 0.05) is 18.3 Å². The Balaban J connectivity index is 2.00. The van der Waals surface area contributed by atoms with Crippen molar-refractivity contribution in [1.82, 2.24) is 10.2 Å². The van der Waals surface area contributed by atoms with Crippen LogP contribution in [0.3, 0.4) is 0 Å². The molecule has 1 aromatic carbocycles. The topological polar surface area (TPSA) is 58.4 Å². The number of anilines is 1. The molecule has 4 nitrogen and oxygen atoms in total. The molecule has 2 rings (SSSR count). The molecule has 1 aromatic rings. The molecule has 1 unspecified atom stereocenters. The zero-order valence-electron chi connectivity index (χ0n) is 11.2. The quantitative estimate of drug-likeness (QED) is 0.835. The molecule has 5 heteroatoms. The minimum Gasteiger partial charge on any atom is -0.399 e. The molecule has 1 amide bonds. The number of carbonyl (C=O) groups is 1. The number of likely N-dealkylation sites (N-methyl/N-ethyl adjacent to an activating group) is 1. The highest BCUT2D eigenvalue weighted by Crippen LogP contribution is 2.19. The van der Waals surface area contributed by atoms with Gasteiger partial charge in [0.05, 0.1) is 10.6 Å². The van der Waals surface area contributed by atoms with Gasteiger partial charge in [0.2, 0.25) is 0 Å². The summed E-state index contributed by atoms with van der Waals surface area (Å²) in [6.45, 7) is 5.19. The third kappa shape index (κ3) is 3.61. The number of carbonyl (C=O) groups excluding carboxylic acids is 1. The molecule has 1 saturated heterocycles. The number of nitrogen functional groups attached to an aromatic ring is 1. The maximum absolute atomic E-state index is 12.2. The van der Waals surface area contributed by atoms with E-state index in [0.717, 1.165) is 32.5 Å². The summed E-state index contributed by atoms with van der Waals surface area (Å²) in [6, 6.07) is 5.18. The molecule has 0 saturated carbocycles. The number of nitrogens with zero attached hydrogens (tertiary/aromatic N) is 1. The summed E-state index contributed by atoms with van der Waals surface area (Å²) >= 11 is 6.05. The Morgan fingerprint density at radius 1 is 1.58 bits per heavy atom. The fourth-order valence-electron chi connectivity index (χ4n) is 2.44. The van der Waals surface area contributed by atoms with Gasteiger partial charge in [0.15, 0.2) is 0 Å². The van der Waals surface area contributed by atoms with Crippen molar-refractivity contribution < 1.29 is 4.79 Å². The monoisotopic (exact) mass is 281 g/mol. The summed E-state index contributed by atoms with van der Waals surface area (Å²) in [5.74, 6) is -0.118. The highest BCUT2D eigenvalue weighted by Gasteiger charge is 2.21. The fraction of sp³-hybridized carbons (Fsp3) is 0.500. The molecular weight excluding hydrogens is 262 g/mol. The summed E-state index contributed by atoms with van der Waals surface area (Å²) in [5.41, 5.74) is 6.68. The molecule has 1 atom stereocenters. The summed E-state index contributed by atoms with van der Waals surface area (Å²) in [4.78, 5) is 14.5. The van der Waals surface area contributed by atoms with E-state index in [9.17, 15) is 4.79 Å². The third-order valence-electron chi connectivity index (χ3n) is 3.53. The van der Waals surface area contributed by atoms with Gasteiger partial charge in [-0.1, -0.05) is 18.5 Å². The Morgan fingerprint density at radius 2 is 2.37 bits per heavy atom. The van der Waals surface area contributed by atoms with Crippen LogP contribution in [0.25, 0.3) is 0 Å². The first-order chi connectivity index (χ1) is 9.10. The van der Waals surface area contributed by atoms with Crippen LogP contribution in [0.5, 0.6) is 0 Å². The predicted molar refractivity (Wildman–Crippen MR) is 78.5 cm³/mol.